The number of para-hydroxylation sites is 1. The number of pyridine rings is 1. The third-order valence-corrected chi connectivity index (χ3v) is 4.94. The van der Waals surface area contributed by atoms with Gasteiger partial charge in [0.25, 0.3) is 5.91 Å². The molecule has 160 valence electrons. The molecule has 1 aromatic heterocycles. The first kappa shape index (κ1) is 20.6. The summed E-state index contributed by atoms with van der Waals surface area (Å²) in [6.45, 7) is 2.96. The van der Waals surface area contributed by atoms with Gasteiger partial charge in [-0.25, -0.2) is 5.43 Å². The lowest BCUT2D eigenvalue weighted by molar-refractivity contribution is -0.123. The lowest BCUT2D eigenvalue weighted by Crippen LogP contribution is -2.36. The average Bonchev–Trinajstić information content (AvgIpc) is 2.83. The first-order chi connectivity index (χ1) is 15.2. The van der Waals surface area contributed by atoms with E-state index in [0.717, 1.165) is 29.7 Å². The van der Waals surface area contributed by atoms with Gasteiger partial charge in [-0.3, -0.25) is 9.78 Å². The van der Waals surface area contributed by atoms with Gasteiger partial charge in [-0.1, -0.05) is 18.2 Å². The van der Waals surface area contributed by atoms with Crippen molar-refractivity contribution in [3.05, 3.63) is 60.3 Å². The molecule has 8 heteroatoms. The van der Waals surface area contributed by atoms with Gasteiger partial charge in [-0.15, -0.1) is 0 Å². The summed E-state index contributed by atoms with van der Waals surface area (Å²) < 4.78 is 16.5. The summed E-state index contributed by atoms with van der Waals surface area (Å²) in [5.74, 6) is 0.866. The van der Waals surface area contributed by atoms with Crippen molar-refractivity contribution < 1.29 is 19.0 Å². The predicted octanol–water partition coefficient (Wildman–Crippen LogP) is 2.61. The lowest BCUT2D eigenvalue weighted by Gasteiger charge is -2.29. The second kappa shape index (κ2) is 9.90. The van der Waals surface area contributed by atoms with Gasteiger partial charge in [0.15, 0.2) is 6.61 Å². The molecule has 1 N–H and O–H groups in total. The number of hydrazone groups is 1. The molecule has 1 amide bonds. The maximum Gasteiger partial charge on any atom is 0.277 e. The largest absolute Gasteiger partial charge is 0.496 e. The Kier molecular flexibility index (Phi) is 6.59. The molecule has 0 bridgehead atoms. The van der Waals surface area contributed by atoms with E-state index in [1.54, 1.807) is 25.6 Å². The fourth-order valence-corrected chi connectivity index (χ4v) is 3.37. The van der Waals surface area contributed by atoms with Crippen molar-refractivity contribution in [2.45, 2.75) is 0 Å². The van der Waals surface area contributed by atoms with Crippen molar-refractivity contribution in [1.82, 2.24) is 10.4 Å². The van der Waals surface area contributed by atoms with Crippen LogP contribution in [0.4, 0.5) is 5.69 Å². The minimum atomic E-state index is -0.368. The Balaban J connectivity index is 1.35. The number of nitrogens with one attached hydrogen (secondary N) is 1. The maximum absolute atomic E-state index is 12.1. The zero-order valence-corrected chi connectivity index (χ0v) is 17.3. The molecule has 0 saturated carbocycles. The quantitative estimate of drug-likeness (QED) is 0.467. The van der Waals surface area contributed by atoms with Gasteiger partial charge in [0.2, 0.25) is 0 Å². The van der Waals surface area contributed by atoms with E-state index in [4.69, 9.17) is 14.2 Å². The highest BCUT2D eigenvalue weighted by molar-refractivity contribution is 5.87. The van der Waals surface area contributed by atoms with E-state index in [-0.39, 0.29) is 12.5 Å². The average molecular weight is 420 g/mol. The van der Waals surface area contributed by atoms with Gasteiger partial charge < -0.3 is 19.1 Å². The van der Waals surface area contributed by atoms with E-state index in [1.807, 2.05) is 42.5 Å². The van der Waals surface area contributed by atoms with E-state index in [2.05, 4.69) is 20.4 Å². The third-order valence-electron chi connectivity index (χ3n) is 4.94. The molecule has 0 spiro atoms. The SMILES string of the molecule is COc1cc(N2CCOCC2)ccc1/C=N\NC(=O)COc1cccc2cccnc12. The number of hydrogen-bond acceptors (Lipinski definition) is 7. The second-order valence-corrected chi connectivity index (χ2v) is 6.94. The van der Waals surface area contributed by atoms with Gasteiger partial charge in [-0.05, 0) is 24.3 Å². The van der Waals surface area contributed by atoms with Crippen molar-refractivity contribution in [2.24, 2.45) is 5.10 Å². The van der Waals surface area contributed by atoms with Crippen LogP contribution in [0.2, 0.25) is 0 Å². The number of hydrogen-bond donors (Lipinski definition) is 1. The highest BCUT2D eigenvalue weighted by Gasteiger charge is 2.13. The van der Waals surface area contributed by atoms with Crippen LogP contribution in [0.1, 0.15) is 5.56 Å². The summed E-state index contributed by atoms with van der Waals surface area (Å²) in [6.07, 6.45) is 3.25. The number of aromatic nitrogens is 1. The monoisotopic (exact) mass is 420 g/mol. The van der Waals surface area contributed by atoms with Crippen LogP contribution in [0.3, 0.4) is 0 Å². The number of benzene rings is 2. The van der Waals surface area contributed by atoms with Crippen molar-refractivity contribution in [1.29, 1.82) is 0 Å². The van der Waals surface area contributed by atoms with Gasteiger partial charge >= 0.3 is 0 Å². The number of amides is 1. The number of anilines is 1. The molecular weight excluding hydrogens is 396 g/mol. The molecule has 2 aromatic carbocycles. The van der Waals surface area contributed by atoms with Crippen molar-refractivity contribution in [3.8, 4) is 11.5 Å². The molecule has 2 heterocycles. The molecule has 1 fully saturated rings. The summed E-state index contributed by atoms with van der Waals surface area (Å²) in [5, 5.41) is 4.98. The van der Waals surface area contributed by atoms with Crippen molar-refractivity contribution in [3.63, 3.8) is 0 Å². The number of morpholine rings is 1. The number of carbonyl (C=O) groups is 1. The van der Waals surface area contributed by atoms with Crippen LogP contribution in [0.15, 0.2) is 59.8 Å². The Labute approximate surface area is 180 Å². The minimum absolute atomic E-state index is 0.167. The van der Waals surface area contributed by atoms with E-state index in [0.29, 0.717) is 30.2 Å². The molecule has 0 atom stereocenters. The van der Waals surface area contributed by atoms with Gasteiger partial charge in [0.1, 0.15) is 17.0 Å². The van der Waals surface area contributed by atoms with Gasteiger partial charge in [0, 0.05) is 42.0 Å². The van der Waals surface area contributed by atoms with Crippen molar-refractivity contribution >= 4 is 28.7 Å². The fraction of sp³-hybridized carbons (Fsp3) is 0.261. The number of ether oxygens (including phenoxy) is 3. The minimum Gasteiger partial charge on any atom is -0.496 e. The molecule has 3 aromatic rings. The summed E-state index contributed by atoms with van der Waals surface area (Å²) in [7, 11) is 1.61. The van der Waals surface area contributed by atoms with E-state index >= 15 is 0 Å². The Morgan fingerprint density at radius 2 is 2.03 bits per heavy atom. The summed E-state index contributed by atoms with van der Waals surface area (Å²) in [6, 6.07) is 15.3. The standard InChI is InChI=1S/C23H24N4O4/c1-29-21-14-19(27-10-12-30-13-11-27)8-7-18(21)15-25-26-22(28)16-31-20-6-2-4-17-5-3-9-24-23(17)20/h2-9,14-15H,10-13,16H2,1H3,(H,26,28)/b25-15-. The molecule has 8 nitrogen and oxygen atoms in total. The van der Waals surface area contributed by atoms with E-state index in [1.165, 1.54) is 0 Å². The fourth-order valence-electron chi connectivity index (χ4n) is 3.37. The molecule has 31 heavy (non-hydrogen) atoms. The highest BCUT2D eigenvalue weighted by atomic mass is 16.5. The summed E-state index contributed by atoms with van der Waals surface area (Å²) in [4.78, 5) is 18.7. The molecule has 1 saturated heterocycles. The third kappa shape index (κ3) is 5.10. The lowest BCUT2D eigenvalue weighted by atomic mass is 10.1. The summed E-state index contributed by atoms with van der Waals surface area (Å²) >= 11 is 0. The molecule has 0 aliphatic carbocycles. The molecule has 4 rings (SSSR count). The molecule has 0 unspecified atom stereocenters. The number of fused-ring (bicyclic) bond motifs is 1. The van der Waals surface area contributed by atoms with Crippen LogP contribution >= 0.6 is 0 Å². The molecule has 1 aliphatic heterocycles. The first-order valence-corrected chi connectivity index (χ1v) is 10.0. The van der Waals surface area contributed by atoms with Crippen LogP contribution in [0.25, 0.3) is 10.9 Å². The Hall–Kier alpha value is -3.65. The van der Waals surface area contributed by atoms with Crippen molar-refractivity contribution in [2.75, 3.05) is 44.9 Å². The smallest absolute Gasteiger partial charge is 0.277 e. The van der Waals surface area contributed by atoms with Crippen LogP contribution in [0.5, 0.6) is 11.5 Å². The first-order valence-electron chi connectivity index (χ1n) is 10.0. The normalized spacial score (nSPS) is 14.0. The maximum atomic E-state index is 12.1. The molecule has 1 aliphatic rings. The van der Waals surface area contributed by atoms with Crippen LogP contribution in [0, 0.1) is 0 Å². The number of carbonyl (C=O) groups excluding carboxylic acids is 1. The number of rotatable bonds is 7. The second-order valence-electron chi connectivity index (χ2n) is 6.94. The van der Waals surface area contributed by atoms with Gasteiger partial charge in [-0.2, -0.15) is 5.10 Å². The Morgan fingerprint density at radius 3 is 2.87 bits per heavy atom. The number of nitrogens with zero attached hydrogens (tertiary/aromatic N) is 3. The Morgan fingerprint density at radius 1 is 1.19 bits per heavy atom. The van der Waals surface area contributed by atoms with Crippen LogP contribution in [-0.2, 0) is 9.53 Å². The number of methoxy groups -OCH3 is 1. The Bertz CT molecular complexity index is 1070. The highest BCUT2D eigenvalue weighted by Crippen LogP contribution is 2.25. The van der Waals surface area contributed by atoms with E-state index in [9.17, 15) is 4.79 Å². The molecule has 0 radical (unpaired) electrons. The van der Waals surface area contributed by atoms with Gasteiger partial charge in [0.05, 0.1) is 26.5 Å². The zero-order valence-electron chi connectivity index (χ0n) is 17.3. The van der Waals surface area contributed by atoms with Crippen LogP contribution in [-0.4, -0.2) is 57.1 Å². The zero-order chi connectivity index (χ0) is 21.5. The predicted molar refractivity (Wildman–Crippen MR) is 119 cm³/mol. The van der Waals surface area contributed by atoms with Crippen LogP contribution < -0.4 is 19.8 Å². The summed E-state index contributed by atoms with van der Waals surface area (Å²) in [5.41, 5.74) is 5.03. The topological polar surface area (TPSA) is 85.3 Å². The van der Waals surface area contributed by atoms with E-state index < -0.39 is 0 Å². The molecular formula is C23H24N4O4.